The van der Waals surface area contributed by atoms with Gasteiger partial charge >= 0.3 is 0 Å². The Morgan fingerprint density at radius 2 is 1.97 bits per heavy atom. The van der Waals surface area contributed by atoms with Crippen LogP contribution in [0.4, 0.5) is 0 Å². The molecule has 8 nitrogen and oxygen atoms in total. The third-order valence-corrected chi connectivity index (χ3v) is 6.11. The number of fused-ring (bicyclic) bond motifs is 2. The van der Waals surface area contributed by atoms with Crippen LogP contribution < -0.4 is 5.32 Å². The SMILES string of the molecule is Cn1nc(C(=O)NC2CCCC2)c2c1CCN(C(=O)c1n[nH]c3ccccc13)C2. The molecule has 1 fully saturated rings. The number of hydrogen-bond acceptors (Lipinski definition) is 4. The minimum absolute atomic E-state index is 0.126. The lowest BCUT2D eigenvalue weighted by atomic mass is 10.0. The van der Waals surface area contributed by atoms with E-state index in [0.717, 1.165) is 47.8 Å². The number of H-pyrrole nitrogens is 1. The van der Waals surface area contributed by atoms with Gasteiger partial charge in [0, 0.05) is 42.7 Å². The molecule has 0 bridgehead atoms. The molecule has 0 unspecified atom stereocenters. The van der Waals surface area contributed by atoms with E-state index < -0.39 is 0 Å². The zero-order valence-corrected chi connectivity index (χ0v) is 16.4. The van der Waals surface area contributed by atoms with Crippen LogP contribution >= 0.6 is 0 Å². The van der Waals surface area contributed by atoms with Crippen molar-refractivity contribution in [1.29, 1.82) is 0 Å². The van der Waals surface area contributed by atoms with Gasteiger partial charge in [0.15, 0.2) is 11.4 Å². The van der Waals surface area contributed by atoms with E-state index in [9.17, 15) is 9.59 Å². The normalized spacial score (nSPS) is 16.9. The van der Waals surface area contributed by atoms with Crippen molar-refractivity contribution in [3.05, 3.63) is 46.9 Å². The third kappa shape index (κ3) is 3.08. The fourth-order valence-electron chi connectivity index (χ4n) is 4.55. The predicted octanol–water partition coefficient (Wildman–Crippen LogP) is 2.17. The summed E-state index contributed by atoms with van der Waals surface area (Å²) in [6, 6.07) is 7.84. The number of nitrogens with one attached hydrogen (secondary N) is 2. The van der Waals surface area contributed by atoms with Gasteiger partial charge in [-0.3, -0.25) is 19.4 Å². The van der Waals surface area contributed by atoms with E-state index in [1.807, 2.05) is 31.3 Å². The lowest BCUT2D eigenvalue weighted by Gasteiger charge is -2.27. The number of carbonyl (C=O) groups excluding carboxylic acids is 2. The van der Waals surface area contributed by atoms with Crippen LogP contribution in [0.25, 0.3) is 10.9 Å². The summed E-state index contributed by atoms with van der Waals surface area (Å²) in [7, 11) is 1.86. The average molecular weight is 392 g/mol. The van der Waals surface area contributed by atoms with Gasteiger partial charge in [-0.1, -0.05) is 31.0 Å². The minimum Gasteiger partial charge on any atom is -0.348 e. The molecule has 3 heterocycles. The van der Waals surface area contributed by atoms with Gasteiger partial charge in [0.25, 0.3) is 11.8 Å². The zero-order valence-electron chi connectivity index (χ0n) is 16.4. The van der Waals surface area contributed by atoms with E-state index in [1.54, 1.807) is 9.58 Å². The standard InChI is InChI=1S/C21H24N6O2/c1-26-17-10-11-27(21(29)19-14-8-4-5-9-16(14)23-24-19)12-15(17)18(25-26)20(28)22-13-6-2-3-7-13/h4-5,8-9,13H,2-3,6-7,10-12H2,1H3,(H,22,28)(H,23,24). The molecule has 2 aromatic heterocycles. The second kappa shape index (κ2) is 7.02. The number of benzene rings is 1. The van der Waals surface area contributed by atoms with Crippen molar-refractivity contribution >= 4 is 22.7 Å². The number of aromatic nitrogens is 4. The topological polar surface area (TPSA) is 95.9 Å². The fourth-order valence-corrected chi connectivity index (χ4v) is 4.55. The number of carbonyl (C=O) groups is 2. The molecule has 1 saturated carbocycles. The number of aromatic amines is 1. The maximum atomic E-state index is 13.2. The fraction of sp³-hybridized carbons (Fsp3) is 0.429. The monoisotopic (exact) mass is 392 g/mol. The summed E-state index contributed by atoms with van der Waals surface area (Å²) in [5.74, 6) is -0.257. The van der Waals surface area contributed by atoms with Crippen LogP contribution in [-0.2, 0) is 20.0 Å². The summed E-state index contributed by atoms with van der Waals surface area (Å²) in [5, 5.41) is 15.6. The van der Waals surface area contributed by atoms with Crippen molar-refractivity contribution in [2.45, 2.75) is 44.7 Å². The molecule has 2 N–H and O–H groups in total. The number of nitrogens with zero attached hydrogens (tertiary/aromatic N) is 4. The van der Waals surface area contributed by atoms with E-state index in [2.05, 4.69) is 20.6 Å². The smallest absolute Gasteiger partial charge is 0.275 e. The maximum absolute atomic E-state index is 13.2. The van der Waals surface area contributed by atoms with E-state index in [4.69, 9.17) is 0 Å². The number of rotatable bonds is 3. The highest BCUT2D eigenvalue weighted by molar-refractivity contribution is 6.04. The number of para-hydroxylation sites is 1. The molecule has 0 spiro atoms. The first-order valence-electron chi connectivity index (χ1n) is 10.2. The summed E-state index contributed by atoms with van der Waals surface area (Å²) < 4.78 is 1.78. The molecule has 0 atom stereocenters. The van der Waals surface area contributed by atoms with Gasteiger partial charge in [-0.2, -0.15) is 10.2 Å². The van der Waals surface area contributed by atoms with E-state index in [1.165, 1.54) is 0 Å². The van der Waals surface area contributed by atoms with Crippen LogP contribution in [0.3, 0.4) is 0 Å². The molecule has 3 aromatic rings. The lowest BCUT2D eigenvalue weighted by Crippen LogP contribution is -2.38. The second-order valence-electron chi connectivity index (χ2n) is 7.95. The van der Waals surface area contributed by atoms with Gasteiger partial charge in [0.2, 0.25) is 0 Å². The highest BCUT2D eigenvalue weighted by Crippen LogP contribution is 2.26. The molecule has 1 aromatic carbocycles. The highest BCUT2D eigenvalue weighted by atomic mass is 16.2. The Hall–Kier alpha value is -3.16. The van der Waals surface area contributed by atoms with Crippen LogP contribution in [-0.4, -0.2) is 49.3 Å². The number of hydrogen-bond donors (Lipinski definition) is 2. The Kier molecular flexibility index (Phi) is 4.34. The summed E-state index contributed by atoms with van der Waals surface area (Å²) >= 11 is 0. The lowest BCUT2D eigenvalue weighted by molar-refractivity contribution is 0.0726. The number of amides is 2. The number of aryl methyl sites for hydroxylation is 1. The third-order valence-electron chi connectivity index (χ3n) is 6.11. The van der Waals surface area contributed by atoms with E-state index in [0.29, 0.717) is 30.9 Å². The molecule has 8 heteroatoms. The largest absolute Gasteiger partial charge is 0.348 e. The molecular weight excluding hydrogens is 368 g/mol. The molecule has 1 aliphatic heterocycles. The maximum Gasteiger partial charge on any atom is 0.275 e. The van der Waals surface area contributed by atoms with Crippen LogP contribution in [0, 0.1) is 0 Å². The first-order valence-corrected chi connectivity index (χ1v) is 10.2. The van der Waals surface area contributed by atoms with Crippen molar-refractivity contribution in [3.8, 4) is 0 Å². The molecule has 29 heavy (non-hydrogen) atoms. The predicted molar refractivity (Wildman–Crippen MR) is 107 cm³/mol. The van der Waals surface area contributed by atoms with Crippen molar-refractivity contribution in [1.82, 2.24) is 30.2 Å². The van der Waals surface area contributed by atoms with Crippen LogP contribution in [0.1, 0.15) is 57.9 Å². The second-order valence-corrected chi connectivity index (χ2v) is 7.95. The van der Waals surface area contributed by atoms with Gasteiger partial charge in [-0.15, -0.1) is 0 Å². The van der Waals surface area contributed by atoms with Gasteiger partial charge in [0.05, 0.1) is 12.1 Å². The molecule has 1 aliphatic carbocycles. The zero-order chi connectivity index (χ0) is 20.0. The first kappa shape index (κ1) is 17.9. The summed E-state index contributed by atoms with van der Waals surface area (Å²) in [6.07, 6.45) is 5.04. The summed E-state index contributed by atoms with van der Waals surface area (Å²) in [4.78, 5) is 27.8. The summed E-state index contributed by atoms with van der Waals surface area (Å²) in [5.41, 5.74) is 3.58. The van der Waals surface area contributed by atoms with Crippen LogP contribution in [0.5, 0.6) is 0 Å². The quantitative estimate of drug-likeness (QED) is 0.714. The Bertz CT molecular complexity index is 1090. The molecule has 2 amide bonds. The molecule has 2 aliphatic rings. The van der Waals surface area contributed by atoms with E-state index >= 15 is 0 Å². The average Bonchev–Trinajstić information content (AvgIpc) is 3.46. The highest BCUT2D eigenvalue weighted by Gasteiger charge is 2.31. The van der Waals surface area contributed by atoms with Gasteiger partial charge in [0.1, 0.15) is 0 Å². The van der Waals surface area contributed by atoms with Gasteiger partial charge < -0.3 is 10.2 Å². The molecular formula is C21H24N6O2. The Balaban J connectivity index is 1.41. The molecule has 5 rings (SSSR count). The van der Waals surface area contributed by atoms with Crippen molar-refractivity contribution < 1.29 is 9.59 Å². The van der Waals surface area contributed by atoms with Gasteiger partial charge in [-0.05, 0) is 18.9 Å². The van der Waals surface area contributed by atoms with E-state index in [-0.39, 0.29) is 17.9 Å². The molecule has 0 saturated heterocycles. The van der Waals surface area contributed by atoms with Crippen LogP contribution in [0.15, 0.2) is 24.3 Å². The first-order chi connectivity index (χ1) is 14.1. The van der Waals surface area contributed by atoms with Crippen LogP contribution in [0.2, 0.25) is 0 Å². The van der Waals surface area contributed by atoms with Gasteiger partial charge in [-0.25, -0.2) is 0 Å². The Morgan fingerprint density at radius 3 is 2.79 bits per heavy atom. The summed E-state index contributed by atoms with van der Waals surface area (Å²) in [6.45, 7) is 0.951. The Labute approximate surface area is 168 Å². The van der Waals surface area contributed by atoms with Crippen molar-refractivity contribution in [2.75, 3.05) is 6.54 Å². The minimum atomic E-state index is -0.131. The molecule has 150 valence electrons. The Morgan fingerprint density at radius 1 is 1.17 bits per heavy atom. The van der Waals surface area contributed by atoms with Crippen molar-refractivity contribution in [2.24, 2.45) is 7.05 Å². The molecule has 0 radical (unpaired) electrons. The van der Waals surface area contributed by atoms with Crippen molar-refractivity contribution in [3.63, 3.8) is 0 Å².